The number of hydrogen-bond acceptors (Lipinski definition) is 6. The number of esters is 3. The maximum atomic E-state index is 12.8. The summed E-state index contributed by atoms with van der Waals surface area (Å²) in [7, 11) is 0. The van der Waals surface area contributed by atoms with Gasteiger partial charge in [-0.2, -0.15) is 0 Å². The molecule has 0 saturated heterocycles. The van der Waals surface area contributed by atoms with Gasteiger partial charge in [0.2, 0.25) is 0 Å². The number of carbonyl (C=O) groups is 3. The van der Waals surface area contributed by atoms with Gasteiger partial charge in [0.15, 0.2) is 6.10 Å². The molecule has 6 nitrogen and oxygen atoms in total. The van der Waals surface area contributed by atoms with Crippen molar-refractivity contribution in [3.05, 3.63) is 170 Å². The molecule has 0 rings (SSSR count). The Hall–Kier alpha value is -5.23. The van der Waals surface area contributed by atoms with E-state index in [9.17, 15) is 14.4 Å². The zero-order valence-electron chi connectivity index (χ0n) is 45.6. The summed E-state index contributed by atoms with van der Waals surface area (Å²) in [6.45, 7) is 6.22. The quantitative estimate of drug-likeness (QED) is 0.0262. The highest BCUT2D eigenvalue weighted by Crippen LogP contribution is 2.11. The van der Waals surface area contributed by atoms with Crippen LogP contribution in [0.4, 0.5) is 0 Å². The van der Waals surface area contributed by atoms with Gasteiger partial charge in [-0.15, -0.1) is 0 Å². The molecule has 0 amide bonds. The zero-order valence-corrected chi connectivity index (χ0v) is 45.6. The molecule has 0 bridgehead atoms. The molecular weight excluding hydrogens is 889 g/mol. The second-order valence-electron chi connectivity index (χ2n) is 17.7. The van der Waals surface area contributed by atoms with Crippen LogP contribution in [0.25, 0.3) is 0 Å². The monoisotopic (exact) mass is 989 g/mol. The lowest BCUT2D eigenvalue weighted by Crippen LogP contribution is -2.30. The molecule has 0 heterocycles. The van der Waals surface area contributed by atoms with Crippen LogP contribution in [0.5, 0.6) is 0 Å². The molecule has 0 radical (unpaired) electrons. The lowest BCUT2D eigenvalue weighted by molar-refractivity contribution is -0.166. The first-order chi connectivity index (χ1) is 35.5. The molecule has 0 N–H and O–H groups in total. The summed E-state index contributed by atoms with van der Waals surface area (Å²) in [4.78, 5) is 38.0. The van der Waals surface area contributed by atoms with Crippen LogP contribution in [0.3, 0.4) is 0 Å². The van der Waals surface area contributed by atoms with Gasteiger partial charge in [0.25, 0.3) is 0 Å². The molecule has 0 aliphatic heterocycles. The molecule has 400 valence electrons. The Morgan fingerprint density at radius 3 is 0.931 bits per heavy atom. The van der Waals surface area contributed by atoms with E-state index in [0.717, 1.165) is 148 Å². The van der Waals surface area contributed by atoms with Gasteiger partial charge in [-0.25, -0.2) is 0 Å². The minimum absolute atomic E-state index is 0.132. The van der Waals surface area contributed by atoms with Crippen LogP contribution in [0.15, 0.2) is 170 Å². The number of carbonyl (C=O) groups excluding carboxylic acids is 3. The van der Waals surface area contributed by atoms with Gasteiger partial charge >= 0.3 is 17.9 Å². The molecule has 0 aromatic heterocycles. The molecule has 0 aromatic rings. The van der Waals surface area contributed by atoms with Gasteiger partial charge in [-0.3, -0.25) is 14.4 Å². The second kappa shape index (κ2) is 58.3. The summed E-state index contributed by atoms with van der Waals surface area (Å²) in [6, 6.07) is 0. The van der Waals surface area contributed by atoms with Gasteiger partial charge in [0, 0.05) is 19.3 Å². The van der Waals surface area contributed by atoms with Crippen molar-refractivity contribution >= 4 is 17.9 Å². The summed E-state index contributed by atoms with van der Waals surface area (Å²) in [5.74, 6) is -1.08. The third kappa shape index (κ3) is 55.7. The maximum Gasteiger partial charge on any atom is 0.306 e. The number of rotatable bonds is 48. The van der Waals surface area contributed by atoms with Crippen LogP contribution < -0.4 is 0 Å². The molecule has 72 heavy (non-hydrogen) atoms. The first-order valence-electron chi connectivity index (χ1n) is 28.1. The third-order valence-corrected chi connectivity index (χ3v) is 10.9. The Labute approximate surface area is 441 Å². The largest absolute Gasteiger partial charge is 0.462 e. The lowest BCUT2D eigenvalue weighted by atomic mass is 10.1. The van der Waals surface area contributed by atoms with E-state index >= 15 is 0 Å². The van der Waals surface area contributed by atoms with Crippen molar-refractivity contribution in [2.24, 2.45) is 0 Å². The second-order valence-corrected chi connectivity index (χ2v) is 17.7. The van der Waals surface area contributed by atoms with Gasteiger partial charge in [0.05, 0.1) is 0 Å². The topological polar surface area (TPSA) is 78.9 Å². The molecule has 0 fully saturated rings. The first-order valence-corrected chi connectivity index (χ1v) is 28.1. The minimum atomic E-state index is -0.845. The van der Waals surface area contributed by atoms with Crippen molar-refractivity contribution in [1.82, 2.24) is 0 Å². The van der Waals surface area contributed by atoms with Gasteiger partial charge in [-0.1, -0.05) is 223 Å². The SMILES string of the molecule is CC/C=C\C/C=C\C/C=C\C/C=C\C/C=C\C/C=C\C/C=C\CCCCCC(=O)OCC(COC(=O)CCCCCCC/C=C\CCC)OC(=O)CC/C=C\C/C=C\C/C=C\C/C=C\C/C=C\C/C=C\CC. The predicted molar refractivity (Wildman–Crippen MR) is 311 cm³/mol. The van der Waals surface area contributed by atoms with Crippen molar-refractivity contribution in [3.63, 3.8) is 0 Å². The third-order valence-electron chi connectivity index (χ3n) is 10.9. The van der Waals surface area contributed by atoms with E-state index in [2.05, 4.69) is 179 Å². The number of allylic oxidation sites excluding steroid dienone is 28. The van der Waals surface area contributed by atoms with Gasteiger partial charge in [-0.05, 0) is 135 Å². The Morgan fingerprint density at radius 2 is 0.569 bits per heavy atom. The van der Waals surface area contributed by atoms with E-state index in [-0.39, 0.29) is 31.6 Å². The molecule has 0 aliphatic rings. The van der Waals surface area contributed by atoms with Crippen LogP contribution in [-0.2, 0) is 28.6 Å². The zero-order chi connectivity index (χ0) is 52.2. The lowest BCUT2D eigenvalue weighted by Gasteiger charge is -2.18. The summed E-state index contributed by atoms with van der Waals surface area (Å²) >= 11 is 0. The molecule has 0 aromatic carbocycles. The van der Waals surface area contributed by atoms with E-state index in [4.69, 9.17) is 14.2 Å². The first kappa shape index (κ1) is 66.8. The highest BCUT2D eigenvalue weighted by molar-refractivity contribution is 5.71. The smallest absolute Gasteiger partial charge is 0.306 e. The van der Waals surface area contributed by atoms with E-state index in [1.54, 1.807) is 0 Å². The molecule has 6 heteroatoms. The molecule has 0 saturated carbocycles. The standard InChI is InChI=1S/C66H100O6/c1-4-7-10-13-16-19-22-24-26-28-30-31-32-33-34-35-37-38-40-42-44-47-50-53-56-59-65(68)71-62-63(61-70-64(67)58-55-52-49-46-21-18-15-12-9-6-3)72-66(69)60-57-54-51-48-45-43-41-39-36-29-27-25-23-20-17-14-11-8-5-2/h7-8,10-12,15-17,19-20,24-27,30-31,33-34,36-39,42-45,51,54,63H,4-6,9,13-14,18,21-23,28-29,32,35,40-41,46-50,52-53,55-62H2,1-3H3/b10-7-,11-8-,15-12-,19-16-,20-17-,26-24-,27-25-,31-30-,34-33-,38-37-,39-36-,44-42-,45-43-,54-51-. The Kier molecular flexibility index (Phi) is 54.1. The fourth-order valence-corrected chi connectivity index (χ4v) is 6.80. The van der Waals surface area contributed by atoms with Crippen LogP contribution in [-0.4, -0.2) is 37.2 Å². The van der Waals surface area contributed by atoms with Crippen molar-refractivity contribution in [3.8, 4) is 0 Å². The van der Waals surface area contributed by atoms with Crippen molar-refractivity contribution in [1.29, 1.82) is 0 Å². The molecular formula is C66H100O6. The fraction of sp³-hybridized carbons (Fsp3) is 0.530. The van der Waals surface area contributed by atoms with E-state index < -0.39 is 12.1 Å². The molecule has 1 unspecified atom stereocenters. The van der Waals surface area contributed by atoms with Crippen LogP contribution >= 0.6 is 0 Å². The average Bonchev–Trinajstić information content (AvgIpc) is 3.38. The summed E-state index contributed by atoms with van der Waals surface area (Å²) < 4.78 is 16.7. The van der Waals surface area contributed by atoms with Crippen molar-refractivity contribution in [2.75, 3.05) is 13.2 Å². The van der Waals surface area contributed by atoms with Crippen molar-refractivity contribution in [2.45, 2.75) is 213 Å². The van der Waals surface area contributed by atoms with E-state index in [0.29, 0.717) is 19.3 Å². The Bertz CT molecular complexity index is 1700. The summed E-state index contributed by atoms with van der Waals surface area (Å²) in [6.07, 6.45) is 86.5. The molecule has 0 spiro atoms. The maximum absolute atomic E-state index is 12.8. The molecule has 1 atom stereocenters. The van der Waals surface area contributed by atoms with E-state index in [1.165, 1.54) is 12.8 Å². The van der Waals surface area contributed by atoms with Gasteiger partial charge < -0.3 is 14.2 Å². The van der Waals surface area contributed by atoms with Crippen molar-refractivity contribution < 1.29 is 28.6 Å². The predicted octanol–water partition coefficient (Wildman–Crippen LogP) is 19.1. The Morgan fingerprint density at radius 1 is 0.292 bits per heavy atom. The fourth-order valence-electron chi connectivity index (χ4n) is 6.80. The highest BCUT2D eigenvalue weighted by atomic mass is 16.6. The minimum Gasteiger partial charge on any atom is -0.462 e. The normalized spacial score (nSPS) is 13.4. The van der Waals surface area contributed by atoms with Crippen LogP contribution in [0, 0.1) is 0 Å². The summed E-state index contributed by atoms with van der Waals surface area (Å²) in [5.41, 5.74) is 0. The molecule has 0 aliphatic carbocycles. The summed E-state index contributed by atoms with van der Waals surface area (Å²) in [5, 5.41) is 0. The van der Waals surface area contributed by atoms with Crippen LogP contribution in [0.1, 0.15) is 207 Å². The van der Waals surface area contributed by atoms with E-state index in [1.807, 2.05) is 12.2 Å². The van der Waals surface area contributed by atoms with Crippen LogP contribution in [0.2, 0.25) is 0 Å². The number of hydrogen-bond donors (Lipinski definition) is 0. The van der Waals surface area contributed by atoms with Gasteiger partial charge in [0.1, 0.15) is 13.2 Å². The Balaban J connectivity index is 4.52. The number of unbranched alkanes of at least 4 members (excludes halogenated alkanes) is 9. The number of ether oxygens (including phenoxy) is 3. The average molecular weight is 990 g/mol. The highest BCUT2D eigenvalue weighted by Gasteiger charge is 2.19.